The van der Waals surface area contributed by atoms with E-state index >= 15 is 0 Å². The van der Waals surface area contributed by atoms with Crippen molar-refractivity contribution in [2.75, 3.05) is 51.2 Å². The number of nitrogens with zero attached hydrogens (tertiary/aromatic N) is 5. The number of aromatic nitrogens is 2. The van der Waals surface area contributed by atoms with Crippen molar-refractivity contribution in [2.24, 2.45) is 11.8 Å². The van der Waals surface area contributed by atoms with Gasteiger partial charge in [0.15, 0.2) is 0 Å². The summed E-state index contributed by atoms with van der Waals surface area (Å²) in [5, 5.41) is 0. The molecule has 0 N–H and O–H groups in total. The molecule has 0 bridgehead atoms. The molecule has 0 aromatic carbocycles. The van der Waals surface area contributed by atoms with E-state index in [2.05, 4.69) is 40.7 Å². The Kier molecular flexibility index (Phi) is 4.80. The van der Waals surface area contributed by atoms with Crippen LogP contribution in [0, 0.1) is 11.8 Å². The normalized spacial score (nSPS) is 26.4. The van der Waals surface area contributed by atoms with E-state index in [9.17, 15) is 4.79 Å². The fourth-order valence-electron chi connectivity index (χ4n) is 3.66. The van der Waals surface area contributed by atoms with Gasteiger partial charge in [0.05, 0.1) is 0 Å². The average Bonchev–Trinajstić information content (AvgIpc) is 2.54. The summed E-state index contributed by atoms with van der Waals surface area (Å²) in [6.07, 6.45) is 2.72. The predicted molar refractivity (Wildman–Crippen MR) is 90.6 cm³/mol. The van der Waals surface area contributed by atoms with Crippen LogP contribution in [-0.4, -0.2) is 72.0 Å². The Bertz CT molecular complexity index is 546. The Morgan fingerprint density at radius 2 is 1.74 bits per heavy atom. The second kappa shape index (κ2) is 6.83. The smallest absolute Gasteiger partial charge is 0.272 e. The van der Waals surface area contributed by atoms with Crippen LogP contribution < -0.4 is 4.90 Å². The molecule has 2 saturated heterocycles. The topological polar surface area (TPSA) is 52.6 Å². The molecule has 2 aliphatic heterocycles. The zero-order chi connectivity index (χ0) is 16.4. The molecule has 0 spiro atoms. The highest BCUT2D eigenvalue weighted by Gasteiger charge is 2.27. The zero-order valence-corrected chi connectivity index (χ0v) is 14.4. The Hall–Kier alpha value is -1.69. The van der Waals surface area contributed by atoms with Crippen molar-refractivity contribution in [1.82, 2.24) is 19.8 Å². The predicted octanol–water partition coefficient (Wildman–Crippen LogP) is 1.35. The molecule has 0 aliphatic carbocycles. The summed E-state index contributed by atoms with van der Waals surface area (Å²) in [4.78, 5) is 27.9. The Balaban J connectivity index is 1.72. The summed E-state index contributed by atoms with van der Waals surface area (Å²) in [5.74, 6) is 2.03. The molecule has 2 unspecified atom stereocenters. The molecular formula is C17H27N5O. The fraction of sp³-hybridized carbons (Fsp3) is 0.706. The first kappa shape index (κ1) is 16.2. The van der Waals surface area contributed by atoms with Gasteiger partial charge in [0, 0.05) is 45.3 Å². The van der Waals surface area contributed by atoms with Gasteiger partial charge >= 0.3 is 0 Å². The van der Waals surface area contributed by atoms with E-state index < -0.39 is 0 Å². The molecule has 1 aromatic heterocycles. The molecule has 3 rings (SSSR count). The third-order valence-corrected chi connectivity index (χ3v) is 4.86. The fourth-order valence-corrected chi connectivity index (χ4v) is 3.66. The van der Waals surface area contributed by atoms with Gasteiger partial charge in [-0.2, -0.15) is 0 Å². The number of piperazine rings is 1. The van der Waals surface area contributed by atoms with Gasteiger partial charge in [-0.05, 0) is 25.3 Å². The van der Waals surface area contributed by atoms with Gasteiger partial charge in [0.25, 0.3) is 5.91 Å². The molecule has 3 heterocycles. The molecule has 6 heteroatoms. The Labute approximate surface area is 138 Å². The number of rotatable bonds is 2. The SMILES string of the molecule is CC1CC(C)CN(C(=O)c2cc(N3CCN(C)CC3)ncn2)C1. The second-order valence-corrected chi connectivity index (χ2v) is 7.21. The molecule has 2 atom stereocenters. The van der Waals surface area contributed by atoms with E-state index in [0.29, 0.717) is 17.5 Å². The number of carbonyl (C=O) groups excluding carboxylic acids is 1. The lowest BCUT2D eigenvalue weighted by Crippen LogP contribution is -2.45. The largest absolute Gasteiger partial charge is 0.354 e. The van der Waals surface area contributed by atoms with Gasteiger partial charge in [-0.25, -0.2) is 9.97 Å². The summed E-state index contributed by atoms with van der Waals surface area (Å²) in [6.45, 7) is 10.0. The molecule has 2 aliphatic rings. The van der Waals surface area contributed by atoms with E-state index in [4.69, 9.17) is 0 Å². The first-order chi connectivity index (χ1) is 11.0. The lowest BCUT2D eigenvalue weighted by Gasteiger charge is -2.35. The van der Waals surface area contributed by atoms with Crippen molar-refractivity contribution in [3.63, 3.8) is 0 Å². The Morgan fingerprint density at radius 1 is 1.09 bits per heavy atom. The quantitative estimate of drug-likeness (QED) is 0.824. The van der Waals surface area contributed by atoms with Crippen molar-refractivity contribution in [1.29, 1.82) is 0 Å². The van der Waals surface area contributed by atoms with Gasteiger partial charge in [-0.1, -0.05) is 13.8 Å². The van der Waals surface area contributed by atoms with Gasteiger partial charge < -0.3 is 14.7 Å². The van der Waals surface area contributed by atoms with E-state index in [0.717, 1.165) is 45.1 Å². The molecule has 0 saturated carbocycles. The first-order valence-corrected chi connectivity index (χ1v) is 8.57. The van der Waals surface area contributed by atoms with Crippen LogP contribution in [-0.2, 0) is 0 Å². The van der Waals surface area contributed by atoms with Crippen molar-refractivity contribution in [3.05, 3.63) is 18.1 Å². The van der Waals surface area contributed by atoms with Crippen LogP contribution in [0.4, 0.5) is 5.82 Å². The summed E-state index contributed by atoms with van der Waals surface area (Å²) in [7, 11) is 2.13. The van der Waals surface area contributed by atoms with Crippen molar-refractivity contribution in [3.8, 4) is 0 Å². The minimum Gasteiger partial charge on any atom is -0.354 e. The number of likely N-dealkylation sites (N-methyl/N-ethyl adjacent to an activating group) is 1. The molecule has 23 heavy (non-hydrogen) atoms. The highest BCUT2D eigenvalue weighted by Crippen LogP contribution is 2.23. The van der Waals surface area contributed by atoms with Crippen LogP contribution in [0.25, 0.3) is 0 Å². The first-order valence-electron chi connectivity index (χ1n) is 8.57. The molecule has 1 aromatic rings. The van der Waals surface area contributed by atoms with Gasteiger partial charge in [-0.15, -0.1) is 0 Å². The van der Waals surface area contributed by atoms with Crippen LogP contribution in [0.1, 0.15) is 30.8 Å². The third-order valence-electron chi connectivity index (χ3n) is 4.86. The number of hydrogen-bond donors (Lipinski definition) is 0. The summed E-state index contributed by atoms with van der Waals surface area (Å²) < 4.78 is 0. The number of anilines is 1. The number of hydrogen-bond acceptors (Lipinski definition) is 5. The van der Waals surface area contributed by atoms with Gasteiger partial charge in [0.2, 0.25) is 0 Å². The molecule has 0 radical (unpaired) electrons. The van der Waals surface area contributed by atoms with Crippen LogP contribution >= 0.6 is 0 Å². The number of amides is 1. The van der Waals surface area contributed by atoms with Crippen LogP contribution in [0.2, 0.25) is 0 Å². The third kappa shape index (κ3) is 3.80. The number of piperidine rings is 1. The van der Waals surface area contributed by atoms with Crippen LogP contribution in [0.5, 0.6) is 0 Å². The summed E-state index contributed by atoms with van der Waals surface area (Å²) in [6, 6.07) is 1.86. The van der Waals surface area contributed by atoms with E-state index in [1.165, 1.54) is 12.7 Å². The standard InChI is InChI=1S/C17H27N5O/c1-13-8-14(2)11-22(10-13)17(23)15-9-16(19-12-18-15)21-6-4-20(3)5-7-21/h9,12-14H,4-8,10-11H2,1-3H3. The molecular weight excluding hydrogens is 290 g/mol. The van der Waals surface area contributed by atoms with Crippen LogP contribution in [0.15, 0.2) is 12.4 Å². The lowest BCUT2D eigenvalue weighted by atomic mass is 9.92. The molecule has 2 fully saturated rings. The summed E-state index contributed by atoms with van der Waals surface area (Å²) >= 11 is 0. The van der Waals surface area contributed by atoms with E-state index in [-0.39, 0.29) is 5.91 Å². The Morgan fingerprint density at radius 3 is 2.39 bits per heavy atom. The molecule has 1 amide bonds. The van der Waals surface area contributed by atoms with Crippen molar-refractivity contribution < 1.29 is 4.79 Å². The highest BCUT2D eigenvalue weighted by molar-refractivity contribution is 5.93. The van der Waals surface area contributed by atoms with E-state index in [1.54, 1.807) is 0 Å². The second-order valence-electron chi connectivity index (χ2n) is 7.21. The maximum absolute atomic E-state index is 12.8. The van der Waals surface area contributed by atoms with Gasteiger partial charge in [-0.3, -0.25) is 4.79 Å². The molecule has 6 nitrogen and oxygen atoms in total. The monoisotopic (exact) mass is 317 g/mol. The zero-order valence-electron chi connectivity index (χ0n) is 14.4. The number of likely N-dealkylation sites (tertiary alicyclic amines) is 1. The maximum Gasteiger partial charge on any atom is 0.272 e. The average molecular weight is 317 g/mol. The lowest BCUT2D eigenvalue weighted by molar-refractivity contribution is 0.0617. The minimum absolute atomic E-state index is 0.0428. The summed E-state index contributed by atoms with van der Waals surface area (Å²) in [5.41, 5.74) is 0.523. The maximum atomic E-state index is 12.8. The van der Waals surface area contributed by atoms with Gasteiger partial charge in [0.1, 0.15) is 17.8 Å². The highest BCUT2D eigenvalue weighted by atomic mass is 16.2. The van der Waals surface area contributed by atoms with Crippen molar-refractivity contribution >= 4 is 11.7 Å². The van der Waals surface area contributed by atoms with E-state index in [1.807, 2.05) is 11.0 Å². The minimum atomic E-state index is 0.0428. The number of carbonyl (C=O) groups is 1. The van der Waals surface area contributed by atoms with Crippen LogP contribution in [0.3, 0.4) is 0 Å². The molecule has 126 valence electrons. The van der Waals surface area contributed by atoms with Crippen molar-refractivity contribution in [2.45, 2.75) is 20.3 Å².